The van der Waals surface area contributed by atoms with Gasteiger partial charge in [0.1, 0.15) is 16.9 Å². The maximum absolute atomic E-state index is 12.0. The van der Waals surface area contributed by atoms with Crippen LogP contribution in [0.4, 0.5) is 0 Å². The van der Waals surface area contributed by atoms with E-state index < -0.39 is 0 Å². The Morgan fingerprint density at radius 2 is 1.83 bits per heavy atom. The van der Waals surface area contributed by atoms with Crippen molar-refractivity contribution in [3.63, 3.8) is 0 Å². The summed E-state index contributed by atoms with van der Waals surface area (Å²) in [6.45, 7) is 3.82. The van der Waals surface area contributed by atoms with Crippen LogP contribution in [0.15, 0.2) is 62.2 Å². The topological polar surface area (TPSA) is 87.6 Å². The number of rotatable bonds is 2. The highest BCUT2D eigenvalue weighted by molar-refractivity contribution is 7.80. The molecule has 2 aromatic carbocycles. The Balaban J connectivity index is 1.69. The summed E-state index contributed by atoms with van der Waals surface area (Å²) in [4.78, 5) is 12.0. The summed E-state index contributed by atoms with van der Waals surface area (Å²) in [5.41, 5.74) is 4.18. The molecule has 7 heteroatoms. The Morgan fingerprint density at radius 3 is 2.60 bits per heavy atom. The summed E-state index contributed by atoms with van der Waals surface area (Å²) in [6, 6.07) is 12.0. The van der Waals surface area contributed by atoms with Crippen LogP contribution in [-0.4, -0.2) is 10.2 Å². The van der Waals surface area contributed by atoms with Crippen molar-refractivity contribution in [1.29, 1.82) is 0 Å². The quantitative estimate of drug-likeness (QED) is 0.328. The Labute approximate surface area is 176 Å². The average Bonchev–Trinajstić information content (AvgIpc) is 3.05. The fourth-order valence-corrected chi connectivity index (χ4v) is 4.14. The number of thiocarbonyl (C=S) groups is 1. The highest BCUT2D eigenvalue weighted by Crippen LogP contribution is 2.36. The van der Waals surface area contributed by atoms with Crippen molar-refractivity contribution >= 4 is 45.0 Å². The third-order valence-electron chi connectivity index (χ3n) is 5.37. The molecule has 1 atom stereocenters. The van der Waals surface area contributed by atoms with Crippen molar-refractivity contribution in [2.24, 2.45) is 0 Å². The predicted molar refractivity (Wildman–Crippen MR) is 119 cm³/mol. The third kappa shape index (κ3) is 2.95. The maximum Gasteiger partial charge on any atom is 0.336 e. The molecule has 0 fully saturated rings. The maximum atomic E-state index is 12.0. The van der Waals surface area contributed by atoms with Crippen LogP contribution in [0.3, 0.4) is 0 Å². The van der Waals surface area contributed by atoms with Crippen molar-refractivity contribution in [3.8, 4) is 5.75 Å². The molecule has 1 aliphatic rings. The first-order chi connectivity index (χ1) is 14.4. The predicted octanol–water partition coefficient (Wildman–Crippen LogP) is 4.42. The molecule has 6 nitrogen and oxygen atoms in total. The summed E-state index contributed by atoms with van der Waals surface area (Å²) in [5.74, 6) is 0.838. The molecule has 0 amide bonds. The van der Waals surface area contributed by atoms with Crippen LogP contribution >= 0.6 is 12.2 Å². The highest BCUT2D eigenvalue weighted by atomic mass is 32.1. The van der Waals surface area contributed by atoms with E-state index >= 15 is 0 Å². The van der Waals surface area contributed by atoms with E-state index in [1.165, 1.54) is 6.07 Å². The van der Waals surface area contributed by atoms with Crippen molar-refractivity contribution in [1.82, 2.24) is 10.6 Å². The minimum atomic E-state index is -0.387. The van der Waals surface area contributed by atoms with E-state index in [-0.39, 0.29) is 17.4 Å². The van der Waals surface area contributed by atoms with E-state index in [9.17, 15) is 9.90 Å². The van der Waals surface area contributed by atoms with Gasteiger partial charge in [0.05, 0.1) is 17.1 Å². The number of hydrogen-bond acceptors (Lipinski definition) is 5. The van der Waals surface area contributed by atoms with E-state index in [0.717, 1.165) is 33.2 Å². The molecule has 4 aromatic rings. The van der Waals surface area contributed by atoms with Crippen LogP contribution in [0.5, 0.6) is 5.75 Å². The first-order valence-corrected chi connectivity index (χ1v) is 9.87. The minimum absolute atomic E-state index is 0.182. The SMILES string of the molecule is Cc1cc(=O)oc2c1ccc1oc(C3=CC(c4ccc(O)cc4)NC(=S)N3)c(C)c12. The Kier molecular flexibility index (Phi) is 4.15. The van der Waals surface area contributed by atoms with E-state index in [0.29, 0.717) is 22.0 Å². The first kappa shape index (κ1) is 18.4. The normalized spacial score (nSPS) is 16.4. The molecule has 3 heterocycles. The van der Waals surface area contributed by atoms with E-state index in [1.54, 1.807) is 12.1 Å². The van der Waals surface area contributed by atoms with Crippen molar-refractivity contribution < 1.29 is 13.9 Å². The van der Waals surface area contributed by atoms with E-state index in [2.05, 4.69) is 10.6 Å². The molecule has 30 heavy (non-hydrogen) atoms. The van der Waals surface area contributed by atoms with Crippen LogP contribution in [0.1, 0.15) is 28.5 Å². The van der Waals surface area contributed by atoms with Gasteiger partial charge >= 0.3 is 5.63 Å². The van der Waals surface area contributed by atoms with Gasteiger partial charge in [-0.25, -0.2) is 4.79 Å². The number of fused-ring (bicyclic) bond motifs is 3. The average molecular weight is 418 g/mol. The minimum Gasteiger partial charge on any atom is -0.508 e. The van der Waals surface area contributed by atoms with Crippen molar-refractivity contribution in [2.45, 2.75) is 19.9 Å². The standard InChI is InChI=1S/C23H18N2O4S/c1-11-9-19(27)29-22-15(11)7-8-18-20(22)12(2)21(28-18)17-10-16(24-23(30)25-17)13-3-5-14(26)6-4-13/h3-10,16,26H,1-2H3,(H2,24,25,30). The number of furan rings is 1. The van der Waals surface area contributed by atoms with Crippen molar-refractivity contribution in [2.75, 3.05) is 0 Å². The number of phenols is 1. The third-order valence-corrected chi connectivity index (χ3v) is 5.59. The zero-order valence-electron chi connectivity index (χ0n) is 16.3. The van der Waals surface area contributed by atoms with Gasteiger partial charge in [-0.3, -0.25) is 0 Å². The molecule has 150 valence electrons. The molecule has 1 unspecified atom stereocenters. The number of aromatic hydroxyl groups is 1. The molecule has 5 rings (SSSR count). The second-order valence-corrected chi connectivity index (χ2v) is 7.78. The zero-order chi connectivity index (χ0) is 21.0. The largest absolute Gasteiger partial charge is 0.508 e. The van der Waals surface area contributed by atoms with Gasteiger partial charge in [-0.15, -0.1) is 0 Å². The number of phenolic OH excluding ortho intramolecular Hbond substituents is 1. The van der Waals surface area contributed by atoms with Gasteiger partial charge in [-0.2, -0.15) is 0 Å². The summed E-state index contributed by atoms with van der Waals surface area (Å²) in [5, 5.41) is 18.1. The molecular formula is C23H18N2O4S. The summed E-state index contributed by atoms with van der Waals surface area (Å²) >= 11 is 5.41. The second kappa shape index (κ2) is 6.74. The van der Waals surface area contributed by atoms with Crippen LogP contribution in [0.2, 0.25) is 0 Å². The fourth-order valence-electron chi connectivity index (χ4n) is 3.91. The highest BCUT2D eigenvalue weighted by Gasteiger charge is 2.24. The monoisotopic (exact) mass is 418 g/mol. The summed E-state index contributed by atoms with van der Waals surface area (Å²) in [6.07, 6.45) is 1.98. The number of hydrogen-bond donors (Lipinski definition) is 3. The lowest BCUT2D eigenvalue weighted by molar-refractivity contribution is 0.475. The van der Waals surface area contributed by atoms with Gasteiger partial charge in [0.25, 0.3) is 0 Å². The van der Waals surface area contributed by atoms with Crippen LogP contribution in [-0.2, 0) is 0 Å². The molecule has 0 bridgehead atoms. The van der Waals surface area contributed by atoms with Crippen LogP contribution < -0.4 is 16.3 Å². The summed E-state index contributed by atoms with van der Waals surface area (Å²) in [7, 11) is 0. The molecule has 0 spiro atoms. The van der Waals surface area contributed by atoms with Gasteiger partial charge in [0, 0.05) is 17.0 Å². The van der Waals surface area contributed by atoms with Gasteiger partial charge in [-0.05, 0) is 67.5 Å². The number of benzene rings is 2. The number of nitrogens with one attached hydrogen (secondary N) is 2. The van der Waals surface area contributed by atoms with E-state index in [1.807, 2.05) is 44.2 Å². The van der Waals surface area contributed by atoms with Crippen LogP contribution in [0.25, 0.3) is 27.6 Å². The molecule has 3 N–H and O–H groups in total. The molecule has 0 saturated carbocycles. The van der Waals surface area contributed by atoms with Crippen LogP contribution in [0, 0.1) is 13.8 Å². The smallest absolute Gasteiger partial charge is 0.336 e. The summed E-state index contributed by atoms with van der Waals surface area (Å²) < 4.78 is 11.7. The first-order valence-electron chi connectivity index (χ1n) is 9.46. The zero-order valence-corrected chi connectivity index (χ0v) is 17.1. The number of aryl methyl sites for hydroxylation is 2. The van der Waals surface area contributed by atoms with E-state index in [4.69, 9.17) is 21.1 Å². The molecular weight excluding hydrogens is 400 g/mol. The lowest BCUT2D eigenvalue weighted by Gasteiger charge is -2.25. The molecule has 1 aliphatic heterocycles. The fraction of sp³-hybridized carbons (Fsp3) is 0.130. The van der Waals surface area contributed by atoms with Gasteiger partial charge in [0.2, 0.25) is 0 Å². The molecule has 0 aliphatic carbocycles. The molecule has 0 saturated heterocycles. The molecule has 0 radical (unpaired) electrons. The van der Waals surface area contributed by atoms with Gasteiger partial charge in [-0.1, -0.05) is 12.1 Å². The second-order valence-electron chi connectivity index (χ2n) is 7.37. The lowest BCUT2D eigenvalue weighted by Crippen LogP contribution is -2.40. The van der Waals surface area contributed by atoms with Gasteiger partial charge in [0.15, 0.2) is 10.9 Å². The Hall–Kier alpha value is -3.58. The van der Waals surface area contributed by atoms with Crippen molar-refractivity contribution in [3.05, 3.63) is 81.4 Å². The lowest BCUT2D eigenvalue weighted by atomic mass is 10.0. The van der Waals surface area contributed by atoms with Gasteiger partial charge < -0.3 is 24.6 Å². The Bertz CT molecular complexity index is 1410. The molecule has 2 aromatic heterocycles. The Morgan fingerprint density at radius 1 is 1.07 bits per heavy atom.